The second kappa shape index (κ2) is 9.89. The van der Waals surface area contributed by atoms with E-state index in [2.05, 4.69) is 34.7 Å². The summed E-state index contributed by atoms with van der Waals surface area (Å²) in [4.78, 5) is 34.1. The van der Waals surface area contributed by atoms with E-state index in [0.29, 0.717) is 16.5 Å². The highest BCUT2D eigenvalue weighted by molar-refractivity contribution is 8.15. The van der Waals surface area contributed by atoms with E-state index in [1.807, 2.05) is 30.3 Å². The van der Waals surface area contributed by atoms with Crippen molar-refractivity contribution in [3.8, 4) is 16.3 Å². The fraction of sp³-hybridized carbons (Fsp3) is 0.154. The lowest BCUT2D eigenvalue weighted by Gasteiger charge is -2.08. The third-order valence-electron chi connectivity index (χ3n) is 5.41. The summed E-state index contributed by atoms with van der Waals surface area (Å²) in [6.45, 7) is 2.07. The van der Waals surface area contributed by atoms with Gasteiger partial charge >= 0.3 is 0 Å². The SMILES string of the molecule is COc1ccc(N=C2NC(=O)[C@H](CC(=O)Nc3ccc(-c4nc5ccc(C)cc5s4)cc3)S2)cc1. The zero-order valence-electron chi connectivity index (χ0n) is 19.1. The van der Waals surface area contributed by atoms with Crippen LogP contribution >= 0.6 is 23.1 Å². The molecule has 0 unspecified atom stereocenters. The van der Waals surface area contributed by atoms with Gasteiger partial charge in [0.15, 0.2) is 5.17 Å². The Morgan fingerprint density at radius 1 is 1.11 bits per heavy atom. The number of nitrogens with one attached hydrogen (secondary N) is 2. The molecule has 7 nitrogen and oxygen atoms in total. The van der Waals surface area contributed by atoms with Crippen LogP contribution in [0.3, 0.4) is 0 Å². The minimum atomic E-state index is -0.530. The molecule has 4 aromatic rings. The van der Waals surface area contributed by atoms with Gasteiger partial charge in [0.2, 0.25) is 11.8 Å². The number of thiazole rings is 1. The number of aromatic nitrogens is 1. The molecule has 0 radical (unpaired) electrons. The van der Waals surface area contributed by atoms with Gasteiger partial charge in [0.25, 0.3) is 0 Å². The monoisotopic (exact) mass is 502 g/mol. The first kappa shape index (κ1) is 23.1. The number of fused-ring (bicyclic) bond motifs is 1. The normalized spacial score (nSPS) is 16.5. The molecule has 1 aromatic heterocycles. The second-order valence-corrected chi connectivity index (χ2v) is 10.3. The molecule has 0 bridgehead atoms. The smallest absolute Gasteiger partial charge is 0.240 e. The molecule has 3 aromatic carbocycles. The number of carbonyl (C=O) groups is 2. The van der Waals surface area contributed by atoms with Crippen LogP contribution in [0.25, 0.3) is 20.8 Å². The van der Waals surface area contributed by atoms with E-state index < -0.39 is 5.25 Å². The topological polar surface area (TPSA) is 92.7 Å². The predicted octanol–water partition coefficient (Wildman–Crippen LogP) is 5.53. The molecule has 1 aliphatic rings. The number of ether oxygens (including phenoxy) is 1. The Balaban J connectivity index is 1.19. The summed E-state index contributed by atoms with van der Waals surface area (Å²) in [6.07, 6.45) is 0.0527. The number of rotatable bonds is 6. The summed E-state index contributed by atoms with van der Waals surface area (Å²) >= 11 is 2.90. The van der Waals surface area contributed by atoms with Crippen LogP contribution in [0.4, 0.5) is 11.4 Å². The van der Waals surface area contributed by atoms with Crippen molar-refractivity contribution in [2.45, 2.75) is 18.6 Å². The summed E-state index contributed by atoms with van der Waals surface area (Å²) < 4.78 is 6.29. The summed E-state index contributed by atoms with van der Waals surface area (Å²) in [7, 11) is 1.60. The van der Waals surface area contributed by atoms with Crippen LogP contribution in [0.1, 0.15) is 12.0 Å². The summed E-state index contributed by atoms with van der Waals surface area (Å²) in [6, 6.07) is 21.0. The van der Waals surface area contributed by atoms with E-state index in [4.69, 9.17) is 9.72 Å². The first-order chi connectivity index (χ1) is 17.0. The maximum absolute atomic E-state index is 12.6. The zero-order chi connectivity index (χ0) is 24.4. The molecular formula is C26H22N4O3S2. The molecule has 35 heavy (non-hydrogen) atoms. The number of nitrogens with zero attached hydrogens (tertiary/aromatic N) is 2. The highest BCUT2D eigenvalue weighted by atomic mass is 32.2. The van der Waals surface area contributed by atoms with Gasteiger partial charge in [0.1, 0.15) is 16.0 Å². The Labute approximate surface area is 210 Å². The maximum Gasteiger partial charge on any atom is 0.240 e. The van der Waals surface area contributed by atoms with Crippen LogP contribution in [0, 0.1) is 6.92 Å². The summed E-state index contributed by atoms with van der Waals surface area (Å²) in [5, 5.41) is 6.51. The lowest BCUT2D eigenvalue weighted by atomic mass is 10.2. The Morgan fingerprint density at radius 3 is 2.63 bits per heavy atom. The molecule has 1 atom stereocenters. The van der Waals surface area contributed by atoms with Crippen molar-refractivity contribution in [1.29, 1.82) is 0 Å². The quantitative estimate of drug-likeness (QED) is 0.362. The van der Waals surface area contributed by atoms with Gasteiger partial charge in [-0.3, -0.25) is 9.59 Å². The number of thioether (sulfide) groups is 1. The number of carbonyl (C=O) groups excluding carboxylic acids is 2. The van der Waals surface area contributed by atoms with Crippen LogP contribution < -0.4 is 15.4 Å². The Kier molecular flexibility index (Phi) is 6.52. The highest BCUT2D eigenvalue weighted by Gasteiger charge is 2.32. The molecule has 0 saturated carbocycles. The number of benzene rings is 3. The van der Waals surface area contributed by atoms with Crippen molar-refractivity contribution in [2.75, 3.05) is 12.4 Å². The van der Waals surface area contributed by atoms with Crippen molar-refractivity contribution in [1.82, 2.24) is 10.3 Å². The van der Waals surface area contributed by atoms with Gasteiger partial charge in [-0.2, -0.15) is 0 Å². The standard InChI is InChI=1S/C26H22N4O3S2/c1-15-3-12-20-21(13-15)34-25(29-20)16-4-6-17(7-5-16)27-23(31)14-22-24(32)30-26(35-22)28-18-8-10-19(33-2)11-9-18/h3-13,22H,14H2,1-2H3,(H,27,31)(H,28,30,32)/t22-/m0/s1. The van der Waals surface area contributed by atoms with Crippen molar-refractivity contribution >= 4 is 61.7 Å². The minimum absolute atomic E-state index is 0.0527. The number of anilines is 1. The molecule has 2 heterocycles. The Morgan fingerprint density at radius 2 is 1.89 bits per heavy atom. The molecule has 2 amide bonds. The van der Waals surface area contributed by atoms with Crippen molar-refractivity contribution < 1.29 is 14.3 Å². The van der Waals surface area contributed by atoms with E-state index in [1.165, 1.54) is 17.3 Å². The van der Waals surface area contributed by atoms with E-state index in [0.717, 1.165) is 26.5 Å². The molecule has 0 spiro atoms. The van der Waals surface area contributed by atoms with E-state index >= 15 is 0 Å². The van der Waals surface area contributed by atoms with Gasteiger partial charge in [-0.1, -0.05) is 17.8 Å². The molecule has 1 saturated heterocycles. The minimum Gasteiger partial charge on any atom is -0.497 e. The Hall–Kier alpha value is -3.69. The molecule has 0 aliphatic carbocycles. The van der Waals surface area contributed by atoms with Gasteiger partial charge in [-0.05, 0) is 73.2 Å². The van der Waals surface area contributed by atoms with Gasteiger partial charge in [0, 0.05) is 17.7 Å². The van der Waals surface area contributed by atoms with E-state index in [-0.39, 0.29) is 18.2 Å². The van der Waals surface area contributed by atoms with Crippen molar-refractivity contribution in [2.24, 2.45) is 4.99 Å². The number of methoxy groups -OCH3 is 1. The number of aliphatic imine (C=N–C) groups is 1. The third kappa shape index (κ3) is 5.36. The number of hydrogen-bond donors (Lipinski definition) is 2. The molecule has 9 heteroatoms. The van der Waals surface area contributed by atoms with E-state index in [1.54, 1.807) is 42.7 Å². The summed E-state index contributed by atoms with van der Waals surface area (Å²) in [5.74, 6) is 0.278. The van der Waals surface area contributed by atoms with Crippen LogP contribution in [0.15, 0.2) is 71.7 Å². The van der Waals surface area contributed by atoms with E-state index in [9.17, 15) is 9.59 Å². The average Bonchev–Trinajstić information content (AvgIpc) is 3.42. The largest absolute Gasteiger partial charge is 0.497 e. The molecule has 2 N–H and O–H groups in total. The maximum atomic E-state index is 12.6. The third-order valence-corrected chi connectivity index (χ3v) is 7.56. The van der Waals surface area contributed by atoms with Crippen LogP contribution in [-0.2, 0) is 9.59 Å². The lowest BCUT2D eigenvalue weighted by Crippen LogP contribution is -2.28. The van der Waals surface area contributed by atoms with Crippen molar-refractivity contribution in [3.05, 3.63) is 72.3 Å². The van der Waals surface area contributed by atoms with Gasteiger partial charge in [-0.15, -0.1) is 11.3 Å². The van der Waals surface area contributed by atoms with Crippen LogP contribution in [0.5, 0.6) is 5.75 Å². The zero-order valence-corrected chi connectivity index (χ0v) is 20.7. The summed E-state index contributed by atoms with van der Waals surface area (Å²) in [5.41, 5.74) is 4.55. The molecule has 1 fully saturated rings. The first-order valence-corrected chi connectivity index (χ1v) is 12.6. The Bertz CT molecular complexity index is 1430. The van der Waals surface area contributed by atoms with Crippen molar-refractivity contribution in [3.63, 3.8) is 0 Å². The van der Waals surface area contributed by atoms with Crippen LogP contribution in [-0.4, -0.2) is 34.3 Å². The van der Waals surface area contributed by atoms with Gasteiger partial charge in [-0.25, -0.2) is 9.98 Å². The lowest BCUT2D eigenvalue weighted by molar-refractivity contribution is -0.122. The average molecular weight is 503 g/mol. The van der Waals surface area contributed by atoms with Gasteiger partial charge < -0.3 is 15.4 Å². The van der Waals surface area contributed by atoms with Gasteiger partial charge in [0.05, 0.1) is 23.0 Å². The first-order valence-electron chi connectivity index (χ1n) is 10.9. The fourth-order valence-electron chi connectivity index (χ4n) is 3.60. The molecular weight excluding hydrogens is 480 g/mol. The van der Waals surface area contributed by atoms with Crippen LogP contribution in [0.2, 0.25) is 0 Å². The second-order valence-electron chi connectivity index (χ2n) is 8.03. The number of amides is 2. The number of aryl methyl sites for hydroxylation is 1. The molecule has 1 aliphatic heterocycles. The number of hydrogen-bond acceptors (Lipinski definition) is 7. The highest BCUT2D eigenvalue weighted by Crippen LogP contribution is 2.31. The number of amidine groups is 1. The predicted molar refractivity (Wildman–Crippen MR) is 143 cm³/mol. The molecule has 176 valence electrons. The fourth-order valence-corrected chi connectivity index (χ4v) is 5.66. The molecule has 5 rings (SSSR count).